The van der Waals surface area contributed by atoms with Gasteiger partial charge in [0.25, 0.3) is 0 Å². The van der Waals surface area contributed by atoms with Crippen LogP contribution in [0, 0.1) is 5.92 Å². The molecule has 8 heteroatoms. The number of fused-ring (bicyclic) bond motifs is 3. The average molecular weight is 538 g/mol. The number of carbonyl (C=O) groups excluding carboxylic acids is 3. The van der Waals surface area contributed by atoms with Crippen LogP contribution in [0.4, 0.5) is 11.5 Å². The highest BCUT2D eigenvalue weighted by atomic mass is 16.2. The molecule has 3 aliphatic rings. The molecule has 3 amide bonds. The molecule has 1 aliphatic carbocycles. The zero-order valence-corrected chi connectivity index (χ0v) is 23.2. The lowest BCUT2D eigenvalue weighted by molar-refractivity contribution is -0.148. The van der Waals surface area contributed by atoms with Gasteiger partial charge in [-0.05, 0) is 67.1 Å². The molecule has 0 bridgehead atoms. The molecule has 1 aromatic heterocycles. The van der Waals surface area contributed by atoms with E-state index in [0.717, 1.165) is 28.7 Å². The number of hydrogen-bond donors (Lipinski definition) is 2. The van der Waals surface area contributed by atoms with Gasteiger partial charge < -0.3 is 15.5 Å². The lowest BCUT2D eigenvalue weighted by Crippen LogP contribution is -2.58. The van der Waals surface area contributed by atoms with Crippen molar-refractivity contribution in [1.29, 1.82) is 0 Å². The molecule has 0 saturated carbocycles. The Labute approximate surface area is 234 Å². The van der Waals surface area contributed by atoms with Crippen LogP contribution in [0.25, 0.3) is 0 Å². The second-order valence-electron chi connectivity index (χ2n) is 11.8. The molecular weight excluding hydrogens is 502 g/mol. The van der Waals surface area contributed by atoms with Gasteiger partial charge in [0.15, 0.2) is 0 Å². The summed E-state index contributed by atoms with van der Waals surface area (Å²) in [6.45, 7) is 4.87. The van der Waals surface area contributed by atoms with Crippen molar-refractivity contribution in [3.8, 4) is 0 Å². The van der Waals surface area contributed by atoms with Gasteiger partial charge in [-0.25, -0.2) is 4.98 Å². The van der Waals surface area contributed by atoms with Crippen molar-refractivity contribution in [2.75, 3.05) is 30.8 Å². The summed E-state index contributed by atoms with van der Waals surface area (Å²) in [5, 5.41) is 5.97. The second-order valence-corrected chi connectivity index (χ2v) is 11.8. The van der Waals surface area contributed by atoms with Crippen molar-refractivity contribution in [3.05, 3.63) is 89.1 Å². The first kappa shape index (κ1) is 26.2. The molecule has 2 aliphatic heterocycles. The number of rotatable bonds is 6. The maximum atomic E-state index is 13.7. The third-order valence-corrected chi connectivity index (χ3v) is 8.59. The normalized spacial score (nSPS) is 23.9. The van der Waals surface area contributed by atoms with Crippen molar-refractivity contribution >= 4 is 29.2 Å². The first-order chi connectivity index (χ1) is 19.2. The Morgan fingerprint density at radius 3 is 2.62 bits per heavy atom. The van der Waals surface area contributed by atoms with E-state index in [2.05, 4.69) is 34.4 Å². The van der Waals surface area contributed by atoms with E-state index in [4.69, 9.17) is 0 Å². The average Bonchev–Trinajstić information content (AvgIpc) is 3.45. The SMILES string of the molecule is CC(C)CC1C(=O)N(CC(=O)Nc2ccc3c(c2)CC2(C3)C(=O)Nc3ncccc32)C(c2ccccc2)CN1C. The van der Waals surface area contributed by atoms with Crippen molar-refractivity contribution < 1.29 is 14.4 Å². The summed E-state index contributed by atoms with van der Waals surface area (Å²) in [7, 11) is 1.99. The number of carbonyl (C=O) groups is 3. The zero-order chi connectivity index (χ0) is 28.0. The molecule has 8 nitrogen and oxygen atoms in total. The van der Waals surface area contributed by atoms with Gasteiger partial charge in [0, 0.05) is 24.0 Å². The molecular formula is C32H35N5O3. The van der Waals surface area contributed by atoms with Gasteiger partial charge >= 0.3 is 0 Å². The summed E-state index contributed by atoms with van der Waals surface area (Å²) >= 11 is 0. The fourth-order valence-corrected chi connectivity index (χ4v) is 6.61. The van der Waals surface area contributed by atoms with Crippen LogP contribution in [-0.2, 0) is 32.6 Å². The number of nitrogens with zero attached hydrogens (tertiary/aromatic N) is 3. The van der Waals surface area contributed by atoms with Crippen LogP contribution in [0.15, 0.2) is 66.9 Å². The Morgan fingerprint density at radius 1 is 1.07 bits per heavy atom. The fraction of sp³-hybridized carbons (Fsp3) is 0.375. The van der Waals surface area contributed by atoms with Gasteiger partial charge in [-0.1, -0.05) is 56.3 Å². The van der Waals surface area contributed by atoms with E-state index in [1.54, 1.807) is 11.1 Å². The van der Waals surface area contributed by atoms with Crippen molar-refractivity contribution in [2.45, 2.75) is 50.6 Å². The summed E-state index contributed by atoms with van der Waals surface area (Å²) in [6, 6.07) is 19.1. The van der Waals surface area contributed by atoms with Gasteiger partial charge in [-0.2, -0.15) is 0 Å². The molecule has 3 aromatic rings. The van der Waals surface area contributed by atoms with E-state index < -0.39 is 5.41 Å². The van der Waals surface area contributed by atoms with Crippen molar-refractivity contribution in [3.63, 3.8) is 0 Å². The Bertz CT molecular complexity index is 1470. The van der Waals surface area contributed by atoms with Crippen molar-refractivity contribution in [2.24, 2.45) is 5.92 Å². The maximum Gasteiger partial charge on any atom is 0.244 e. The quantitative estimate of drug-likeness (QED) is 0.497. The van der Waals surface area contributed by atoms with E-state index in [-0.39, 0.29) is 36.3 Å². The maximum absolute atomic E-state index is 13.7. The number of anilines is 2. The monoisotopic (exact) mass is 537 g/mol. The number of piperazine rings is 1. The van der Waals surface area contributed by atoms with E-state index in [1.807, 2.05) is 67.7 Å². The van der Waals surface area contributed by atoms with Gasteiger partial charge in [0.05, 0.1) is 17.5 Å². The Hall–Kier alpha value is -4.04. The largest absolute Gasteiger partial charge is 0.325 e. The minimum Gasteiger partial charge on any atom is -0.325 e. The topological polar surface area (TPSA) is 94.6 Å². The highest BCUT2D eigenvalue weighted by molar-refractivity contribution is 6.06. The van der Waals surface area contributed by atoms with Crippen LogP contribution >= 0.6 is 0 Å². The lowest BCUT2D eigenvalue weighted by Gasteiger charge is -2.44. The van der Waals surface area contributed by atoms with Crippen LogP contribution in [0.2, 0.25) is 0 Å². The Kier molecular flexibility index (Phi) is 6.66. The number of nitrogens with one attached hydrogen (secondary N) is 2. The zero-order valence-electron chi connectivity index (χ0n) is 23.2. The van der Waals surface area contributed by atoms with Crippen LogP contribution in [-0.4, -0.2) is 58.7 Å². The third-order valence-electron chi connectivity index (χ3n) is 8.59. The molecule has 6 rings (SSSR count). The number of amides is 3. The molecule has 3 atom stereocenters. The van der Waals surface area contributed by atoms with E-state index in [9.17, 15) is 14.4 Å². The number of benzene rings is 2. The minimum absolute atomic E-state index is 0.0122. The van der Waals surface area contributed by atoms with Gasteiger partial charge in [0.2, 0.25) is 17.7 Å². The Morgan fingerprint density at radius 2 is 1.85 bits per heavy atom. The number of aromatic nitrogens is 1. The minimum atomic E-state index is -0.658. The predicted molar refractivity (Wildman–Crippen MR) is 154 cm³/mol. The van der Waals surface area contributed by atoms with Gasteiger partial charge in [0.1, 0.15) is 12.4 Å². The molecule has 2 N–H and O–H groups in total. The molecule has 206 valence electrons. The number of pyridine rings is 1. The summed E-state index contributed by atoms with van der Waals surface area (Å²) < 4.78 is 0. The third kappa shape index (κ3) is 4.56. The van der Waals surface area contributed by atoms with Gasteiger partial charge in [-0.15, -0.1) is 0 Å². The van der Waals surface area contributed by atoms with Crippen LogP contribution in [0.1, 0.15) is 48.6 Å². The molecule has 1 saturated heterocycles. The smallest absolute Gasteiger partial charge is 0.244 e. The molecule has 2 aromatic carbocycles. The van der Waals surface area contributed by atoms with Crippen LogP contribution in [0.5, 0.6) is 0 Å². The highest BCUT2D eigenvalue weighted by Gasteiger charge is 2.51. The lowest BCUT2D eigenvalue weighted by atomic mass is 9.79. The molecule has 3 heterocycles. The second kappa shape index (κ2) is 10.2. The summed E-state index contributed by atoms with van der Waals surface area (Å²) in [5.74, 6) is 0.721. The first-order valence-corrected chi connectivity index (χ1v) is 14.0. The van der Waals surface area contributed by atoms with Crippen LogP contribution in [0.3, 0.4) is 0 Å². The molecule has 1 spiro atoms. The molecule has 40 heavy (non-hydrogen) atoms. The highest BCUT2D eigenvalue weighted by Crippen LogP contribution is 2.47. The predicted octanol–water partition coefficient (Wildman–Crippen LogP) is 3.94. The van der Waals surface area contributed by atoms with Crippen LogP contribution < -0.4 is 10.6 Å². The molecule has 0 radical (unpaired) electrons. The van der Waals surface area contributed by atoms with Gasteiger partial charge in [-0.3, -0.25) is 19.3 Å². The Balaban J connectivity index is 1.21. The van der Waals surface area contributed by atoms with E-state index >= 15 is 0 Å². The summed E-state index contributed by atoms with van der Waals surface area (Å²) in [4.78, 5) is 48.4. The summed E-state index contributed by atoms with van der Waals surface area (Å²) in [6.07, 6.45) is 3.59. The van der Waals surface area contributed by atoms with E-state index in [0.29, 0.717) is 36.8 Å². The molecule has 3 unspecified atom stereocenters. The standard InChI is InChI=1S/C32H35N5O3/c1-20(2)14-26-30(39)37(27(18-36(26)3)21-8-5-4-6-9-21)19-28(38)34-24-12-11-22-16-32(17-23(22)15-24)25-10-7-13-33-29(25)35-31(32)40/h4-13,15,20,26-27H,14,16-19H2,1-3H3,(H,34,38)(H,33,35,40). The number of likely N-dealkylation sites (N-methyl/N-ethyl adjacent to an activating group) is 1. The fourth-order valence-electron chi connectivity index (χ4n) is 6.61. The first-order valence-electron chi connectivity index (χ1n) is 14.0. The van der Waals surface area contributed by atoms with E-state index in [1.165, 1.54) is 0 Å². The number of hydrogen-bond acceptors (Lipinski definition) is 5. The summed E-state index contributed by atoms with van der Waals surface area (Å²) in [5.41, 5.74) is 4.10. The molecule has 1 fully saturated rings. The van der Waals surface area contributed by atoms with Crippen molar-refractivity contribution in [1.82, 2.24) is 14.8 Å².